The number of nitrogens with zero attached hydrogens (tertiary/aromatic N) is 3. The lowest BCUT2D eigenvalue weighted by Crippen LogP contribution is -2.36. The molecular formula is C17H33N4+. The van der Waals surface area contributed by atoms with E-state index in [4.69, 9.17) is 5.41 Å². The van der Waals surface area contributed by atoms with Gasteiger partial charge in [-0.2, -0.15) is 0 Å². The van der Waals surface area contributed by atoms with Crippen molar-refractivity contribution in [2.24, 2.45) is 15.2 Å². The van der Waals surface area contributed by atoms with Gasteiger partial charge in [-0.25, -0.2) is 0 Å². The van der Waals surface area contributed by atoms with E-state index >= 15 is 0 Å². The zero-order chi connectivity index (χ0) is 15.2. The van der Waals surface area contributed by atoms with Gasteiger partial charge in [-0.1, -0.05) is 84.0 Å². The van der Waals surface area contributed by atoms with Crippen molar-refractivity contribution in [1.82, 2.24) is 0 Å². The van der Waals surface area contributed by atoms with Crippen molar-refractivity contribution in [3.05, 3.63) is 0 Å². The van der Waals surface area contributed by atoms with Crippen LogP contribution in [0.3, 0.4) is 0 Å². The van der Waals surface area contributed by atoms with Crippen LogP contribution in [0.4, 0.5) is 0 Å². The standard InChI is InChI=1S/C17H32N4/c1-2-3-4-5-6-7-8-9-10-11-12-13-14-15-16-19-17(18)21-20-16/h18H,2-15H2,1H3/p+1. The molecule has 120 valence electrons. The number of hydrogen-bond acceptors (Lipinski definition) is 1. The maximum absolute atomic E-state index is 5.44. The summed E-state index contributed by atoms with van der Waals surface area (Å²) in [7, 11) is 0. The van der Waals surface area contributed by atoms with E-state index in [1.165, 1.54) is 77.0 Å². The summed E-state index contributed by atoms with van der Waals surface area (Å²) in [5.41, 5.74) is 0. The van der Waals surface area contributed by atoms with Crippen LogP contribution in [0.5, 0.6) is 0 Å². The smallest absolute Gasteiger partial charge is 0.283 e. The highest BCUT2D eigenvalue weighted by Crippen LogP contribution is 2.13. The Bertz CT molecular complexity index is 334. The summed E-state index contributed by atoms with van der Waals surface area (Å²) in [5.74, 6) is 1.11. The Hall–Kier alpha value is -1.06. The molecule has 1 rings (SSSR count). The van der Waals surface area contributed by atoms with Gasteiger partial charge >= 0.3 is 5.96 Å². The second kappa shape index (κ2) is 12.7. The molecule has 0 unspecified atom stereocenters. The van der Waals surface area contributed by atoms with Crippen LogP contribution < -0.4 is 5.41 Å². The van der Waals surface area contributed by atoms with Gasteiger partial charge < -0.3 is 0 Å². The lowest BCUT2D eigenvalue weighted by Gasteiger charge is -2.02. The highest BCUT2D eigenvalue weighted by atomic mass is 15.3. The third kappa shape index (κ3) is 10.3. The lowest BCUT2D eigenvalue weighted by atomic mass is 10.0. The summed E-state index contributed by atoms with van der Waals surface area (Å²) in [6.45, 7) is 2.28. The second-order valence-electron chi connectivity index (χ2n) is 6.08. The molecule has 0 spiro atoms. The summed E-state index contributed by atoms with van der Waals surface area (Å²) in [5, 5.41) is 13.1. The lowest BCUT2D eigenvalue weighted by molar-refractivity contribution is -0.116. The van der Waals surface area contributed by atoms with Crippen LogP contribution in [0.25, 0.3) is 0 Å². The molecular weight excluding hydrogens is 260 g/mol. The molecule has 1 aliphatic rings. The van der Waals surface area contributed by atoms with Crippen molar-refractivity contribution in [2.45, 2.75) is 96.8 Å². The predicted molar refractivity (Wildman–Crippen MR) is 89.5 cm³/mol. The fraction of sp³-hybridized carbons (Fsp3) is 0.882. The highest BCUT2D eigenvalue weighted by Gasteiger charge is 2.15. The zero-order valence-electron chi connectivity index (χ0n) is 13.8. The van der Waals surface area contributed by atoms with Gasteiger partial charge in [0.15, 0.2) is 0 Å². The van der Waals surface area contributed by atoms with Crippen LogP contribution in [0.15, 0.2) is 15.2 Å². The van der Waals surface area contributed by atoms with Crippen LogP contribution >= 0.6 is 0 Å². The van der Waals surface area contributed by atoms with Crippen molar-refractivity contribution in [2.75, 3.05) is 0 Å². The van der Waals surface area contributed by atoms with Crippen LogP contribution in [-0.2, 0) is 0 Å². The van der Waals surface area contributed by atoms with Crippen LogP contribution in [-0.4, -0.2) is 11.8 Å². The molecule has 0 aliphatic carbocycles. The molecule has 1 aliphatic heterocycles. The zero-order valence-corrected chi connectivity index (χ0v) is 13.8. The maximum atomic E-state index is 5.44. The van der Waals surface area contributed by atoms with E-state index in [2.05, 4.69) is 22.1 Å². The van der Waals surface area contributed by atoms with E-state index in [9.17, 15) is 0 Å². The summed E-state index contributed by atoms with van der Waals surface area (Å²) >= 11 is 0. The normalized spacial score (nSPS) is 14.0. The Kier molecular flexibility index (Phi) is 10.8. The first-order valence-corrected chi connectivity index (χ1v) is 8.94. The number of guanidine groups is 1. The Balaban J connectivity index is 1.74. The van der Waals surface area contributed by atoms with Crippen molar-refractivity contribution < 1.29 is 5.41 Å². The Morgan fingerprint density at radius 2 is 1.14 bits per heavy atom. The van der Waals surface area contributed by atoms with Crippen molar-refractivity contribution in [3.8, 4) is 0 Å². The topological polar surface area (TPSA) is 62.7 Å². The molecule has 0 atom stereocenters. The van der Waals surface area contributed by atoms with Crippen molar-refractivity contribution in [1.29, 1.82) is 0 Å². The summed E-state index contributed by atoms with van der Waals surface area (Å²) in [4.78, 5) is 4.06. The quantitative estimate of drug-likeness (QED) is 0.460. The number of azo groups is 1. The largest absolute Gasteiger partial charge is 0.448 e. The van der Waals surface area contributed by atoms with Crippen molar-refractivity contribution in [3.63, 3.8) is 0 Å². The highest BCUT2D eigenvalue weighted by molar-refractivity contribution is 5.98. The number of unbranched alkanes of at least 4 members (excludes halogenated alkanes) is 12. The molecule has 0 fully saturated rings. The molecule has 0 radical (unpaired) electrons. The minimum absolute atomic E-state index is 0.305. The molecule has 1 heterocycles. The van der Waals surface area contributed by atoms with Crippen molar-refractivity contribution >= 4 is 11.8 Å². The molecule has 2 N–H and O–H groups in total. The number of hydrogen-bond donors (Lipinski definition) is 1. The molecule has 0 aromatic rings. The molecule has 0 amide bonds. The third-order valence-electron chi connectivity index (χ3n) is 4.02. The monoisotopic (exact) mass is 293 g/mol. The fourth-order valence-corrected chi connectivity index (χ4v) is 2.69. The minimum atomic E-state index is 0.305. The van der Waals surface area contributed by atoms with Gasteiger partial charge in [0.2, 0.25) is 5.84 Å². The SMILES string of the molecule is CCCCCCCCCCCCCCCC1=NC(=[NH2+])N=N1. The Labute approximate surface area is 130 Å². The van der Waals surface area contributed by atoms with Crippen LogP contribution in [0.2, 0.25) is 0 Å². The second-order valence-corrected chi connectivity index (χ2v) is 6.08. The average Bonchev–Trinajstić information content (AvgIpc) is 2.89. The summed E-state index contributed by atoms with van der Waals surface area (Å²) < 4.78 is 0. The van der Waals surface area contributed by atoms with E-state index < -0.39 is 0 Å². The van der Waals surface area contributed by atoms with E-state index in [1.54, 1.807) is 0 Å². The first-order chi connectivity index (χ1) is 10.3. The summed E-state index contributed by atoms with van der Waals surface area (Å²) in [6, 6.07) is 0. The summed E-state index contributed by atoms with van der Waals surface area (Å²) in [6.07, 6.45) is 18.8. The Morgan fingerprint density at radius 3 is 1.57 bits per heavy atom. The third-order valence-corrected chi connectivity index (χ3v) is 4.02. The molecule has 0 aromatic carbocycles. The van der Waals surface area contributed by atoms with Gasteiger partial charge in [0.1, 0.15) is 0 Å². The number of nitrogens with two attached hydrogens (primary N) is 1. The number of aliphatic imine (C=N–C) groups is 1. The fourth-order valence-electron chi connectivity index (χ4n) is 2.69. The van der Waals surface area contributed by atoms with Crippen LogP contribution in [0, 0.1) is 0 Å². The van der Waals surface area contributed by atoms with E-state index in [0.29, 0.717) is 5.96 Å². The van der Waals surface area contributed by atoms with Gasteiger partial charge in [0.05, 0.1) is 5.11 Å². The first-order valence-electron chi connectivity index (χ1n) is 8.94. The minimum Gasteiger partial charge on any atom is -0.283 e. The van der Waals surface area contributed by atoms with E-state index in [1.807, 2.05) is 0 Å². The predicted octanol–water partition coefficient (Wildman–Crippen LogP) is 4.45. The maximum Gasteiger partial charge on any atom is 0.448 e. The van der Waals surface area contributed by atoms with Gasteiger partial charge in [0.25, 0.3) is 0 Å². The molecule has 0 saturated carbocycles. The molecule has 0 bridgehead atoms. The molecule has 21 heavy (non-hydrogen) atoms. The molecule has 0 saturated heterocycles. The Morgan fingerprint density at radius 1 is 0.667 bits per heavy atom. The van der Waals surface area contributed by atoms with E-state index in [-0.39, 0.29) is 0 Å². The van der Waals surface area contributed by atoms with Gasteiger partial charge in [-0.15, -0.1) is 0 Å². The average molecular weight is 293 g/mol. The number of rotatable bonds is 14. The van der Waals surface area contributed by atoms with Gasteiger partial charge in [-0.3, -0.25) is 5.41 Å². The van der Waals surface area contributed by atoms with Gasteiger partial charge in [0, 0.05) is 6.42 Å². The molecule has 0 aromatic heterocycles. The van der Waals surface area contributed by atoms with Gasteiger partial charge in [-0.05, 0) is 16.5 Å². The van der Waals surface area contributed by atoms with E-state index in [0.717, 1.165) is 18.7 Å². The van der Waals surface area contributed by atoms with Crippen LogP contribution in [0.1, 0.15) is 96.8 Å². The molecule has 4 heteroatoms. The molecule has 4 nitrogen and oxygen atoms in total. The number of amidine groups is 1. The first kappa shape index (κ1) is 18.0.